The molecular formula is C24H30N6O3. The van der Waals surface area contributed by atoms with Crippen LogP contribution in [0.3, 0.4) is 0 Å². The maximum absolute atomic E-state index is 13.3. The van der Waals surface area contributed by atoms with Crippen LogP contribution in [0.2, 0.25) is 0 Å². The average molecular weight is 451 g/mol. The number of amidine groups is 1. The van der Waals surface area contributed by atoms with E-state index >= 15 is 0 Å². The average Bonchev–Trinajstić information content (AvgIpc) is 3.13. The van der Waals surface area contributed by atoms with Crippen LogP contribution in [0.15, 0.2) is 47.9 Å². The van der Waals surface area contributed by atoms with Crippen molar-refractivity contribution in [1.82, 2.24) is 19.6 Å². The normalized spacial score (nSPS) is 25.2. The highest BCUT2D eigenvalue weighted by atomic mass is 16.4. The molecule has 5 rings (SSSR count). The summed E-state index contributed by atoms with van der Waals surface area (Å²) in [5, 5.41) is 16.9. The van der Waals surface area contributed by atoms with Gasteiger partial charge in [0.1, 0.15) is 5.84 Å². The summed E-state index contributed by atoms with van der Waals surface area (Å²) in [7, 11) is 0. The lowest BCUT2D eigenvalue weighted by molar-refractivity contribution is -0.146. The van der Waals surface area contributed by atoms with Gasteiger partial charge in [-0.15, -0.1) is 0 Å². The Kier molecular flexibility index (Phi) is 4.95. The fourth-order valence-electron chi connectivity index (χ4n) is 5.41. The first-order chi connectivity index (χ1) is 15.7. The molecule has 1 aromatic carbocycles. The lowest BCUT2D eigenvalue weighted by Gasteiger charge is -2.50. The van der Waals surface area contributed by atoms with E-state index in [-0.39, 0.29) is 40.3 Å². The number of carbonyl (C=O) groups is 2. The van der Waals surface area contributed by atoms with Crippen molar-refractivity contribution < 1.29 is 14.8 Å². The Morgan fingerprint density at radius 2 is 1.82 bits per heavy atom. The first kappa shape index (κ1) is 21.5. The molecule has 174 valence electrons. The van der Waals surface area contributed by atoms with E-state index < -0.39 is 0 Å². The number of carbonyl (C=O) groups excluding carboxylic acids is 2. The van der Waals surface area contributed by atoms with E-state index in [2.05, 4.69) is 24.1 Å². The van der Waals surface area contributed by atoms with Gasteiger partial charge in [-0.2, -0.15) is 5.10 Å². The summed E-state index contributed by atoms with van der Waals surface area (Å²) in [6.07, 6.45) is 4.25. The van der Waals surface area contributed by atoms with Gasteiger partial charge >= 0.3 is 0 Å². The molecule has 1 aliphatic carbocycles. The minimum absolute atomic E-state index is 0.0718. The number of oxime groups is 1. The molecule has 0 bridgehead atoms. The monoisotopic (exact) mass is 450 g/mol. The molecule has 1 spiro atoms. The molecule has 3 fully saturated rings. The molecule has 2 atom stereocenters. The maximum atomic E-state index is 13.3. The van der Waals surface area contributed by atoms with Gasteiger partial charge in [0.2, 0.25) is 5.91 Å². The van der Waals surface area contributed by atoms with E-state index in [0.717, 1.165) is 12.0 Å². The van der Waals surface area contributed by atoms with Crippen molar-refractivity contribution in [3.05, 3.63) is 53.9 Å². The molecule has 1 aromatic heterocycles. The minimum Gasteiger partial charge on any atom is -0.409 e. The summed E-state index contributed by atoms with van der Waals surface area (Å²) in [5.74, 6) is -0.0522. The standard InChI is InChI=1S/C24H30N6O3/c1-23(2)8-18(23)22(32)29-14-24(15-29)13-28(12-19(24)20(25)27-33)21(31)17-9-26-30(11-17)10-16-6-4-3-5-7-16/h3-7,9,11,18-19,33H,8,10,12-15H2,1-2H3,(H2,25,27)/t18-,19?/m1/s1. The molecule has 2 aromatic rings. The van der Waals surface area contributed by atoms with Gasteiger partial charge in [-0.25, -0.2) is 0 Å². The van der Waals surface area contributed by atoms with E-state index in [1.807, 2.05) is 35.2 Å². The van der Waals surface area contributed by atoms with Crippen molar-refractivity contribution in [1.29, 1.82) is 0 Å². The zero-order valence-electron chi connectivity index (χ0n) is 19.0. The van der Waals surface area contributed by atoms with Crippen LogP contribution in [-0.2, 0) is 11.3 Å². The zero-order chi connectivity index (χ0) is 23.4. The number of likely N-dealkylation sites (tertiary alicyclic amines) is 2. The van der Waals surface area contributed by atoms with Crippen LogP contribution < -0.4 is 5.73 Å². The number of nitrogens with zero attached hydrogens (tertiary/aromatic N) is 5. The minimum atomic E-state index is -0.374. The predicted octanol–water partition coefficient (Wildman–Crippen LogP) is 1.62. The lowest BCUT2D eigenvalue weighted by Crippen LogP contribution is -2.64. The first-order valence-corrected chi connectivity index (χ1v) is 11.3. The molecule has 2 aliphatic heterocycles. The Balaban J connectivity index is 1.28. The number of hydrogen-bond acceptors (Lipinski definition) is 5. The topological polar surface area (TPSA) is 117 Å². The van der Waals surface area contributed by atoms with Gasteiger partial charge in [0.15, 0.2) is 0 Å². The number of hydrogen-bond donors (Lipinski definition) is 2. The van der Waals surface area contributed by atoms with E-state index in [1.165, 1.54) is 0 Å². The Morgan fingerprint density at radius 1 is 1.15 bits per heavy atom. The predicted molar refractivity (Wildman–Crippen MR) is 121 cm³/mol. The molecule has 2 saturated heterocycles. The third kappa shape index (κ3) is 3.75. The molecular weight excluding hydrogens is 420 g/mol. The van der Waals surface area contributed by atoms with Crippen molar-refractivity contribution in [3.63, 3.8) is 0 Å². The molecule has 9 heteroatoms. The van der Waals surface area contributed by atoms with Crippen LogP contribution in [0.1, 0.15) is 36.2 Å². The highest BCUT2D eigenvalue weighted by molar-refractivity contribution is 5.95. The van der Waals surface area contributed by atoms with Crippen LogP contribution in [-0.4, -0.2) is 68.6 Å². The number of benzene rings is 1. The third-order valence-electron chi connectivity index (χ3n) is 7.61. The maximum Gasteiger partial charge on any atom is 0.257 e. The highest BCUT2D eigenvalue weighted by Crippen LogP contribution is 2.54. The molecule has 3 N–H and O–H groups in total. The van der Waals surface area contributed by atoms with E-state index in [0.29, 0.717) is 38.3 Å². The number of nitrogens with two attached hydrogens (primary N) is 1. The summed E-state index contributed by atoms with van der Waals surface area (Å²) >= 11 is 0. The summed E-state index contributed by atoms with van der Waals surface area (Å²) in [6.45, 7) is 6.67. The first-order valence-electron chi connectivity index (χ1n) is 11.3. The summed E-state index contributed by atoms with van der Waals surface area (Å²) < 4.78 is 1.75. The van der Waals surface area contributed by atoms with Crippen molar-refractivity contribution in [2.45, 2.75) is 26.8 Å². The lowest BCUT2D eigenvalue weighted by atomic mass is 9.71. The summed E-state index contributed by atoms with van der Waals surface area (Å²) in [6, 6.07) is 9.93. The molecule has 1 unspecified atom stereocenters. The highest BCUT2D eigenvalue weighted by Gasteiger charge is 2.61. The second-order valence-electron chi connectivity index (χ2n) is 10.5. The van der Waals surface area contributed by atoms with Crippen molar-refractivity contribution in [2.75, 3.05) is 26.2 Å². The number of amides is 2. The van der Waals surface area contributed by atoms with Crippen LogP contribution in [0.4, 0.5) is 0 Å². The summed E-state index contributed by atoms with van der Waals surface area (Å²) in [5.41, 5.74) is 7.34. The zero-order valence-corrected chi connectivity index (χ0v) is 19.0. The fourth-order valence-corrected chi connectivity index (χ4v) is 5.41. The Morgan fingerprint density at radius 3 is 2.45 bits per heavy atom. The van der Waals surface area contributed by atoms with Crippen LogP contribution >= 0.6 is 0 Å². The molecule has 3 heterocycles. The van der Waals surface area contributed by atoms with Crippen LogP contribution in [0.25, 0.3) is 0 Å². The Labute approximate surface area is 192 Å². The third-order valence-corrected chi connectivity index (χ3v) is 7.61. The molecule has 3 aliphatic rings. The molecule has 2 amide bonds. The van der Waals surface area contributed by atoms with Crippen molar-refractivity contribution in [3.8, 4) is 0 Å². The second-order valence-corrected chi connectivity index (χ2v) is 10.5. The van der Waals surface area contributed by atoms with Gasteiger partial charge in [0.05, 0.1) is 18.3 Å². The van der Waals surface area contributed by atoms with Crippen LogP contribution in [0.5, 0.6) is 0 Å². The van der Waals surface area contributed by atoms with Crippen LogP contribution in [0, 0.1) is 22.7 Å². The van der Waals surface area contributed by atoms with Gasteiger partial charge in [-0.1, -0.05) is 49.3 Å². The van der Waals surface area contributed by atoms with E-state index in [1.54, 1.807) is 22.0 Å². The Hall–Kier alpha value is -3.36. The van der Waals surface area contributed by atoms with Crippen molar-refractivity contribution >= 4 is 17.6 Å². The largest absolute Gasteiger partial charge is 0.409 e. The Bertz CT molecular complexity index is 1100. The number of rotatable bonds is 5. The quantitative estimate of drug-likeness (QED) is 0.311. The van der Waals surface area contributed by atoms with Crippen molar-refractivity contribution in [2.24, 2.45) is 33.6 Å². The SMILES string of the molecule is CC1(C)C[C@@H]1C(=O)N1CC2(CN(C(=O)c3cnn(Cc4ccccc4)c3)CC2C(N)=NO)C1. The molecule has 0 radical (unpaired) electrons. The van der Waals surface area contributed by atoms with Gasteiger partial charge < -0.3 is 20.7 Å². The molecule has 1 saturated carbocycles. The summed E-state index contributed by atoms with van der Waals surface area (Å²) in [4.78, 5) is 29.7. The fraction of sp³-hybridized carbons (Fsp3) is 0.500. The smallest absolute Gasteiger partial charge is 0.257 e. The van der Waals surface area contributed by atoms with Gasteiger partial charge in [0, 0.05) is 49.6 Å². The second kappa shape index (κ2) is 7.60. The molecule has 33 heavy (non-hydrogen) atoms. The number of aromatic nitrogens is 2. The van der Waals surface area contributed by atoms with E-state index in [9.17, 15) is 14.8 Å². The molecule has 9 nitrogen and oxygen atoms in total. The van der Waals surface area contributed by atoms with Gasteiger partial charge in [0.25, 0.3) is 5.91 Å². The van der Waals surface area contributed by atoms with Gasteiger partial charge in [-0.05, 0) is 17.4 Å². The van der Waals surface area contributed by atoms with E-state index in [4.69, 9.17) is 5.73 Å². The van der Waals surface area contributed by atoms with Gasteiger partial charge in [-0.3, -0.25) is 14.3 Å².